The van der Waals surface area contributed by atoms with E-state index in [1.807, 2.05) is 18.2 Å². The number of hydrogen-bond acceptors (Lipinski definition) is 5. The van der Waals surface area contributed by atoms with Crippen molar-refractivity contribution >= 4 is 5.91 Å². The Labute approximate surface area is 210 Å². The first-order valence-corrected chi connectivity index (χ1v) is 12.8. The zero-order valence-electron chi connectivity index (χ0n) is 21.8. The van der Waals surface area contributed by atoms with Gasteiger partial charge in [-0.15, -0.1) is 0 Å². The van der Waals surface area contributed by atoms with E-state index in [1.54, 1.807) is 7.11 Å². The lowest BCUT2D eigenvalue weighted by Gasteiger charge is -2.42. The summed E-state index contributed by atoms with van der Waals surface area (Å²) in [6, 6.07) is 16.6. The lowest BCUT2D eigenvalue weighted by atomic mass is 9.73. The molecular formula is C29H41N3O3. The number of ether oxygens (including phenoxy) is 2. The zero-order chi connectivity index (χ0) is 24.9. The van der Waals surface area contributed by atoms with Gasteiger partial charge in [0.05, 0.1) is 12.5 Å². The second-order valence-electron chi connectivity index (χ2n) is 10.9. The molecule has 6 nitrogen and oxygen atoms in total. The number of likely N-dealkylation sites (N-methyl/N-ethyl adjacent to an activating group) is 1. The van der Waals surface area contributed by atoms with Gasteiger partial charge in [-0.2, -0.15) is 0 Å². The quantitative estimate of drug-likeness (QED) is 0.624. The molecule has 0 unspecified atom stereocenters. The van der Waals surface area contributed by atoms with Crippen molar-refractivity contribution < 1.29 is 14.3 Å². The van der Waals surface area contributed by atoms with Crippen LogP contribution >= 0.6 is 0 Å². The van der Waals surface area contributed by atoms with Crippen LogP contribution in [0.2, 0.25) is 0 Å². The Morgan fingerprint density at radius 2 is 1.69 bits per heavy atom. The summed E-state index contributed by atoms with van der Waals surface area (Å²) in [6.07, 6.45) is 2.22. The summed E-state index contributed by atoms with van der Waals surface area (Å²) in [4.78, 5) is 18.6. The van der Waals surface area contributed by atoms with Crippen LogP contribution in [-0.2, 0) is 16.0 Å². The van der Waals surface area contributed by atoms with Gasteiger partial charge in [-0.25, -0.2) is 0 Å². The first kappa shape index (κ1) is 25.7. The van der Waals surface area contributed by atoms with E-state index in [0.29, 0.717) is 13.2 Å². The predicted molar refractivity (Wildman–Crippen MR) is 141 cm³/mol. The molecule has 2 fully saturated rings. The van der Waals surface area contributed by atoms with Gasteiger partial charge in [-0.05, 0) is 57.4 Å². The lowest BCUT2D eigenvalue weighted by Crippen LogP contribution is -2.58. The highest BCUT2D eigenvalue weighted by molar-refractivity contribution is 5.84. The van der Waals surface area contributed by atoms with Crippen molar-refractivity contribution in [3.8, 4) is 16.9 Å². The van der Waals surface area contributed by atoms with E-state index < -0.39 is 5.41 Å². The molecule has 2 heterocycles. The fraction of sp³-hybridized carbons (Fsp3) is 0.552. The average molecular weight is 480 g/mol. The minimum atomic E-state index is -0.441. The fourth-order valence-corrected chi connectivity index (χ4v) is 5.37. The number of nitrogens with one attached hydrogen (secondary N) is 1. The third-order valence-electron chi connectivity index (χ3n) is 7.51. The van der Waals surface area contributed by atoms with Crippen molar-refractivity contribution in [1.29, 1.82) is 0 Å². The SMILES string of the molecule is COc1ccccc1-c1ccc(CC2(C(=O)NC(C)(C)CN3CCN(C)CC3)CCOCC2)cc1. The van der Waals surface area contributed by atoms with E-state index in [1.165, 1.54) is 5.56 Å². The molecule has 4 rings (SSSR count). The van der Waals surface area contributed by atoms with Crippen molar-refractivity contribution in [2.24, 2.45) is 5.41 Å². The number of hydrogen-bond donors (Lipinski definition) is 1. The van der Waals surface area contributed by atoms with Crippen LogP contribution in [-0.4, -0.2) is 81.3 Å². The van der Waals surface area contributed by atoms with E-state index >= 15 is 0 Å². The topological polar surface area (TPSA) is 54.0 Å². The Hall–Kier alpha value is -2.41. The molecule has 0 bridgehead atoms. The third-order valence-corrected chi connectivity index (χ3v) is 7.51. The second kappa shape index (κ2) is 11.1. The summed E-state index contributed by atoms with van der Waals surface area (Å²) in [5.41, 5.74) is 2.64. The number of amides is 1. The minimum absolute atomic E-state index is 0.161. The van der Waals surface area contributed by atoms with Crippen molar-refractivity contribution in [3.05, 3.63) is 54.1 Å². The molecule has 0 atom stereocenters. The number of piperazine rings is 1. The highest BCUT2D eigenvalue weighted by Crippen LogP contribution is 2.36. The van der Waals surface area contributed by atoms with Gasteiger partial charge in [0.15, 0.2) is 0 Å². The molecule has 2 aromatic carbocycles. The number of carbonyl (C=O) groups is 1. The molecule has 190 valence electrons. The van der Waals surface area contributed by atoms with Crippen molar-refractivity contribution in [3.63, 3.8) is 0 Å². The van der Waals surface area contributed by atoms with E-state index in [2.05, 4.69) is 66.3 Å². The average Bonchev–Trinajstić information content (AvgIpc) is 2.86. The number of carbonyl (C=O) groups excluding carboxylic acids is 1. The Morgan fingerprint density at radius 1 is 1.03 bits per heavy atom. The zero-order valence-corrected chi connectivity index (χ0v) is 21.8. The summed E-state index contributed by atoms with van der Waals surface area (Å²) < 4.78 is 11.2. The Balaban J connectivity index is 1.46. The van der Waals surface area contributed by atoms with E-state index in [4.69, 9.17) is 9.47 Å². The van der Waals surface area contributed by atoms with Crippen molar-refractivity contribution in [2.45, 2.75) is 38.6 Å². The standard InChI is InChI=1S/C29H41N3O3/c1-28(2,22-32-17-15-31(3)16-18-32)30-27(33)29(13-19-35-20-14-29)21-23-9-11-24(12-10-23)25-7-5-6-8-26(25)34-4/h5-12H,13-22H2,1-4H3,(H,30,33). The van der Waals surface area contributed by atoms with Gasteiger partial charge < -0.3 is 19.7 Å². The third kappa shape index (κ3) is 6.43. The van der Waals surface area contributed by atoms with Crippen LogP contribution in [0, 0.1) is 5.41 Å². The number of benzene rings is 2. The Kier molecular flexibility index (Phi) is 8.15. The summed E-state index contributed by atoms with van der Waals surface area (Å²) >= 11 is 0. The molecule has 0 radical (unpaired) electrons. The van der Waals surface area contributed by atoms with E-state index in [-0.39, 0.29) is 11.4 Å². The van der Waals surface area contributed by atoms with E-state index in [0.717, 1.165) is 68.9 Å². The largest absolute Gasteiger partial charge is 0.496 e. The molecule has 1 amide bonds. The van der Waals surface area contributed by atoms with Gasteiger partial charge in [0.2, 0.25) is 5.91 Å². The summed E-state index contributed by atoms with van der Waals surface area (Å²) in [5, 5.41) is 3.43. The lowest BCUT2D eigenvalue weighted by molar-refractivity contribution is -0.138. The molecule has 0 aliphatic carbocycles. The van der Waals surface area contributed by atoms with Crippen LogP contribution in [0.25, 0.3) is 11.1 Å². The maximum atomic E-state index is 13.8. The van der Waals surface area contributed by atoms with Gasteiger partial charge >= 0.3 is 0 Å². The maximum Gasteiger partial charge on any atom is 0.227 e. The van der Waals surface area contributed by atoms with Crippen molar-refractivity contribution in [1.82, 2.24) is 15.1 Å². The molecule has 2 saturated heterocycles. The molecule has 0 aromatic heterocycles. The Bertz CT molecular complexity index is 975. The first-order chi connectivity index (χ1) is 16.8. The highest BCUT2D eigenvalue weighted by Gasteiger charge is 2.42. The van der Waals surface area contributed by atoms with Crippen LogP contribution < -0.4 is 10.1 Å². The van der Waals surface area contributed by atoms with Crippen LogP contribution in [0.1, 0.15) is 32.3 Å². The van der Waals surface area contributed by atoms with Gasteiger partial charge in [0, 0.05) is 57.0 Å². The first-order valence-electron chi connectivity index (χ1n) is 12.8. The van der Waals surface area contributed by atoms with Crippen molar-refractivity contribution in [2.75, 3.05) is 60.1 Å². The molecule has 35 heavy (non-hydrogen) atoms. The molecule has 0 spiro atoms. The highest BCUT2D eigenvalue weighted by atomic mass is 16.5. The predicted octanol–water partition coefficient (Wildman–Crippen LogP) is 3.84. The summed E-state index contributed by atoms with van der Waals surface area (Å²) in [5.74, 6) is 1.02. The monoisotopic (exact) mass is 479 g/mol. The smallest absolute Gasteiger partial charge is 0.227 e. The van der Waals surface area contributed by atoms with Gasteiger partial charge in [0.25, 0.3) is 0 Å². The molecule has 6 heteroatoms. The number of para-hydroxylation sites is 1. The molecule has 0 saturated carbocycles. The molecule has 2 aliphatic rings. The molecular weight excluding hydrogens is 438 g/mol. The Morgan fingerprint density at radius 3 is 2.34 bits per heavy atom. The van der Waals surface area contributed by atoms with Crippen LogP contribution in [0.4, 0.5) is 0 Å². The fourth-order valence-electron chi connectivity index (χ4n) is 5.37. The van der Waals surface area contributed by atoms with Crippen LogP contribution in [0.3, 0.4) is 0 Å². The summed E-state index contributed by atoms with van der Waals surface area (Å²) in [6.45, 7) is 10.7. The minimum Gasteiger partial charge on any atom is -0.496 e. The number of rotatable bonds is 8. The summed E-state index contributed by atoms with van der Waals surface area (Å²) in [7, 11) is 3.87. The van der Waals surface area contributed by atoms with Crippen LogP contribution in [0.5, 0.6) is 5.75 Å². The molecule has 1 N–H and O–H groups in total. The normalized spacial score (nSPS) is 19.3. The number of methoxy groups -OCH3 is 1. The van der Waals surface area contributed by atoms with Crippen LogP contribution in [0.15, 0.2) is 48.5 Å². The van der Waals surface area contributed by atoms with Gasteiger partial charge in [0.1, 0.15) is 5.75 Å². The molecule has 2 aliphatic heterocycles. The second-order valence-corrected chi connectivity index (χ2v) is 10.9. The van der Waals surface area contributed by atoms with Gasteiger partial charge in [-0.1, -0.05) is 42.5 Å². The number of nitrogens with zero attached hydrogens (tertiary/aromatic N) is 2. The maximum absolute atomic E-state index is 13.8. The van der Waals surface area contributed by atoms with E-state index in [9.17, 15) is 4.79 Å². The van der Waals surface area contributed by atoms with Gasteiger partial charge in [-0.3, -0.25) is 9.69 Å². The molecule has 2 aromatic rings.